The molecule has 4 aromatic rings. The van der Waals surface area contributed by atoms with E-state index < -0.39 is 17.9 Å². The average Bonchev–Trinajstić information content (AvgIpc) is 3.33. The first-order valence-corrected chi connectivity index (χ1v) is 13.2. The van der Waals surface area contributed by atoms with Gasteiger partial charge in [0.25, 0.3) is 11.5 Å². The zero-order valence-electron chi connectivity index (χ0n) is 22.1. The SMILES string of the molecule is CCOC(=O)C[C@H](NC(=O)c1cc2c(=O)n3cccc(C)c3nc2s1)c1ccc(OCC(C)C)c(OC)c1. The van der Waals surface area contributed by atoms with E-state index >= 15 is 0 Å². The summed E-state index contributed by atoms with van der Waals surface area (Å²) in [5, 5.41) is 3.29. The molecule has 38 heavy (non-hydrogen) atoms. The van der Waals surface area contributed by atoms with Gasteiger partial charge >= 0.3 is 5.97 Å². The van der Waals surface area contributed by atoms with Crippen LogP contribution in [0.25, 0.3) is 15.9 Å². The van der Waals surface area contributed by atoms with E-state index in [9.17, 15) is 14.4 Å². The number of amides is 1. The van der Waals surface area contributed by atoms with Crippen molar-refractivity contribution < 1.29 is 23.8 Å². The van der Waals surface area contributed by atoms with Crippen molar-refractivity contribution >= 4 is 39.1 Å². The van der Waals surface area contributed by atoms with Gasteiger partial charge in [0.15, 0.2) is 11.5 Å². The zero-order valence-corrected chi connectivity index (χ0v) is 22.9. The third kappa shape index (κ3) is 5.80. The van der Waals surface area contributed by atoms with Crippen LogP contribution < -0.4 is 20.3 Å². The number of hydrogen-bond donors (Lipinski definition) is 1. The largest absolute Gasteiger partial charge is 0.493 e. The average molecular weight is 538 g/mol. The van der Waals surface area contributed by atoms with Gasteiger partial charge in [-0.1, -0.05) is 26.0 Å². The molecule has 0 bridgehead atoms. The Morgan fingerprint density at radius 1 is 1.16 bits per heavy atom. The van der Waals surface area contributed by atoms with E-state index in [4.69, 9.17) is 14.2 Å². The first-order valence-electron chi connectivity index (χ1n) is 12.4. The third-order valence-corrected chi connectivity index (χ3v) is 6.93. The van der Waals surface area contributed by atoms with Crippen molar-refractivity contribution in [3.8, 4) is 11.5 Å². The number of fused-ring (bicyclic) bond motifs is 2. The molecule has 1 aromatic carbocycles. The van der Waals surface area contributed by atoms with E-state index in [0.717, 1.165) is 16.9 Å². The molecule has 0 aliphatic rings. The fourth-order valence-corrected chi connectivity index (χ4v) is 4.94. The minimum absolute atomic E-state index is 0.0795. The molecule has 0 unspecified atom stereocenters. The summed E-state index contributed by atoms with van der Waals surface area (Å²) in [6.07, 6.45) is 1.58. The highest BCUT2D eigenvalue weighted by molar-refractivity contribution is 7.20. The number of esters is 1. The van der Waals surface area contributed by atoms with E-state index in [1.165, 1.54) is 11.5 Å². The number of ether oxygens (including phenoxy) is 3. The van der Waals surface area contributed by atoms with Crippen molar-refractivity contribution in [3.05, 3.63) is 69.0 Å². The number of methoxy groups -OCH3 is 1. The molecule has 0 aliphatic heterocycles. The molecule has 10 heteroatoms. The Morgan fingerprint density at radius 3 is 2.66 bits per heavy atom. The van der Waals surface area contributed by atoms with E-state index in [1.807, 2.05) is 26.8 Å². The van der Waals surface area contributed by atoms with Gasteiger partial charge in [0.1, 0.15) is 10.5 Å². The van der Waals surface area contributed by atoms with Crippen LogP contribution in [-0.2, 0) is 9.53 Å². The lowest BCUT2D eigenvalue weighted by Gasteiger charge is -2.20. The summed E-state index contributed by atoms with van der Waals surface area (Å²) >= 11 is 1.13. The summed E-state index contributed by atoms with van der Waals surface area (Å²) in [7, 11) is 1.54. The number of aryl methyl sites for hydroxylation is 1. The van der Waals surface area contributed by atoms with Gasteiger partial charge in [0.2, 0.25) is 0 Å². The van der Waals surface area contributed by atoms with Crippen LogP contribution >= 0.6 is 11.3 Å². The first-order chi connectivity index (χ1) is 18.2. The highest BCUT2D eigenvalue weighted by atomic mass is 32.1. The van der Waals surface area contributed by atoms with Crippen molar-refractivity contribution in [1.82, 2.24) is 14.7 Å². The molecule has 3 heterocycles. The van der Waals surface area contributed by atoms with Crippen LogP contribution in [0.2, 0.25) is 0 Å². The van der Waals surface area contributed by atoms with Crippen LogP contribution in [0.1, 0.15) is 54.0 Å². The van der Waals surface area contributed by atoms with Crippen LogP contribution in [-0.4, -0.2) is 41.6 Å². The van der Waals surface area contributed by atoms with Gasteiger partial charge in [-0.05, 0) is 55.2 Å². The van der Waals surface area contributed by atoms with Gasteiger partial charge in [-0.25, -0.2) is 4.98 Å². The lowest BCUT2D eigenvalue weighted by Crippen LogP contribution is -2.30. The van der Waals surface area contributed by atoms with Crippen LogP contribution in [0, 0.1) is 12.8 Å². The number of thiophene rings is 1. The molecule has 200 valence electrons. The highest BCUT2D eigenvalue weighted by Crippen LogP contribution is 2.32. The minimum Gasteiger partial charge on any atom is -0.493 e. The van der Waals surface area contributed by atoms with Gasteiger partial charge in [-0.3, -0.25) is 18.8 Å². The second-order valence-electron chi connectivity index (χ2n) is 9.28. The summed E-state index contributed by atoms with van der Waals surface area (Å²) in [5.74, 6) is 0.527. The van der Waals surface area contributed by atoms with Crippen molar-refractivity contribution in [2.75, 3.05) is 20.3 Å². The maximum atomic E-state index is 13.4. The first kappa shape index (κ1) is 27.1. The molecule has 0 radical (unpaired) electrons. The highest BCUT2D eigenvalue weighted by Gasteiger charge is 2.24. The number of nitrogens with one attached hydrogen (secondary N) is 1. The van der Waals surface area contributed by atoms with Crippen LogP contribution in [0.4, 0.5) is 0 Å². The molecule has 4 rings (SSSR count). The monoisotopic (exact) mass is 537 g/mol. The number of pyridine rings is 1. The molecule has 0 spiro atoms. The number of carbonyl (C=O) groups excluding carboxylic acids is 2. The molecule has 3 aromatic heterocycles. The number of aromatic nitrogens is 2. The fourth-order valence-electron chi connectivity index (χ4n) is 4.01. The molecule has 0 saturated carbocycles. The van der Waals surface area contributed by atoms with Crippen molar-refractivity contribution in [3.63, 3.8) is 0 Å². The maximum absolute atomic E-state index is 13.4. The van der Waals surface area contributed by atoms with E-state index in [1.54, 1.807) is 43.5 Å². The standard InChI is InChI=1S/C28H31N3O6S/c1-6-36-24(32)14-20(18-9-10-21(22(12-18)35-5)37-15-16(2)3)29-26(33)23-13-19-27(38-23)30-25-17(4)8-7-11-31(25)28(19)34/h7-13,16,20H,6,14-15H2,1-5H3,(H,29,33)/t20-/m0/s1. The van der Waals surface area contributed by atoms with Crippen LogP contribution in [0.3, 0.4) is 0 Å². The second-order valence-corrected chi connectivity index (χ2v) is 10.3. The Morgan fingerprint density at radius 2 is 1.95 bits per heavy atom. The van der Waals surface area contributed by atoms with Gasteiger partial charge in [0.05, 0.1) is 43.0 Å². The molecular formula is C28H31N3O6S. The summed E-state index contributed by atoms with van der Waals surface area (Å²) < 4.78 is 18.0. The molecular weight excluding hydrogens is 506 g/mol. The number of benzene rings is 1. The predicted molar refractivity (Wildman–Crippen MR) is 146 cm³/mol. The summed E-state index contributed by atoms with van der Waals surface area (Å²) in [6, 6.07) is 9.80. The molecule has 0 saturated heterocycles. The smallest absolute Gasteiger partial charge is 0.308 e. The molecule has 0 aliphatic carbocycles. The Labute approximate surface area is 224 Å². The zero-order chi connectivity index (χ0) is 27.4. The van der Waals surface area contributed by atoms with Gasteiger partial charge in [0, 0.05) is 6.20 Å². The molecule has 1 atom stereocenters. The minimum atomic E-state index is -0.699. The summed E-state index contributed by atoms with van der Waals surface area (Å²) in [5.41, 5.74) is 1.82. The number of hydrogen-bond acceptors (Lipinski definition) is 8. The topological polar surface area (TPSA) is 108 Å². The predicted octanol–water partition coefficient (Wildman–Crippen LogP) is 4.69. The van der Waals surface area contributed by atoms with E-state index in [0.29, 0.717) is 50.3 Å². The Bertz CT molecular complexity index is 1540. The molecule has 0 fully saturated rings. The lowest BCUT2D eigenvalue weighted by atomic mass is 10.0. The van der Waals surface area contributed by atoms with Gasteiger partial charge in [-0.2, -0.15) is 0 Å². The Kier molecular flexibility index (Phi) is 8.31. The third-order valence-electron chi connectivity index (χ3n) is 5.90. The number of carbonyl (C=O) groups is 2. The number of rotatable bonds is 10. The molecule has 1 N–H and O–H groups in total. The summed E-state index contributed by atoms with van der Waals surface area (Å²) in [6.45, 7) is 8.45. The van der Waals surface area contributed by atoms with Gasteiger partial charge < -0.3 is 19.5 Å². The van der Waals surface area contributed by atoms with E-state index in [2.05, 4.69) is 10.3 Å². The lowest BCUT2D eigenvalue weighted by molar-refractivity contribution is -0.143. The fraction of sp³-hybridized carbons (Fsp3) is 0.357. The molecule has 1 amide bonds. The van der Waals surface area contributed by atoms with Crippen LogP contribution in [0.5, 0.6) is 11.5 Å². The Balaban J connectivity index is 1.66. The summed E-state index contributed by atoms with van der Waals surface area (Å²) in [4.78, 5) is 44.2. The molecule has 9 nitrogen and oxygen atoms in total. The van der Waals surface area contributed by atoms with Gasteiger partial charge in [-0.15, -0.1) is 11.3 Å². The maximum Gasteiger partial charge on any atom is 0.308 e. The van der Waals surface area contributed by atoms with Crippen LogP contribution in [0.15, 0.2) is 47.4 Å². The van der Waals surface area contributed by atoms with E-state index in [-0.39, 0.29) is 18.6 Å². The van der Waals surface area contributed by atoms with Crippen molar-refractivity contribution in [2.45, 2.75) is 40.2 Å². The number of nitrogens with zero attached hydrogens (tertiary/aromatic N) is 2. The van der Waals surface area contributed by atoms with Crippen molar-refractivity contribution in [2.24, 2.45) is 5.92 Å². The quantitative estimate of drug-likeness (QED) is 0.293. The second kappa shape index (κ2) is 11.6. The van der Waals surface area contributed by atoms with Crippen molar-refractivity contribution in [1.29, 1.82) is 0 Å². The Hall–Kier alpha value is -3.92. The normalized spacial score (nSPS) is 12.1.